The van der Waals surface area contributed by atoms with Crippen molar-refractivity contribution in [3.05, 3.63) is 0 Å². The summed E-state index contributed by atoms with van der Waals surface area (Å²) in [5.41, 5.74) is -0.669. The van der Waals surface area contributed by atoms with Crippen LogP contribution in [0.2, 0.25) is 0 Å². The van der Waals surface area contributed by atoms with Crippen LogP contribution < -0.4 is 0 Å². The summed E-state index contributed by atoms with van der Waals surface area (Å²) in [4.78, 5) is 27.3. The Morgan fingerprint density at radius 1 is 1.14 bits per heavy atom. The van der Waals surface area contributed by atoms with Crippen LogP contribution in [0, 0.1) is 5.41 Å². The monoisotopic (exact) mass is 300 g/mol. The smallest absolute Gasteiger partial charge is 0.320 e. The van der Waals surface area contributed by atoms with E-state index in [0.29, 0.717) is 45.4 Å². The molecule has 2 amide bonds. The molecule has 0 radical (unpaired) electrons. The average Bonchev–Trinajstić information content (AvgIpc) is 2.47. The lowest BCUT2D eigenvalue weighted by Gasteiger charge is -2.40. The van der Waals surface area contributed by atoms with E-state index in [4.69, 9.17) is 5.11 Å². The summed E-state index contributed by atoms with van der Waals surface area (Å²) < 4.78 is 0. The van der Waals surface area contributed by atoms with Gasteiger partial charge in [-0.25, -0.2) is 4.79 Å². The van der Waals surface area contributed by atoms with Crippen molar-refractivity contribution < 1.29 is 19.8 Å². The van der Waals surface area contributed by atoms with Gasteiger partial charge in [0.2, 0.25) is 0 Å². The number of rotatable bonds is 7. The van der Waals surface area contributed by atoms with Crippen molar-refractivity contribution in [3.63, 3.8) is 0 Å². The molecule has 1 aliphatic heterocycles. The summed E-state index contributed by atoms with van der Waals surface area (Å²) in [5.74, 6) is -0.739. The summed E-state index contributed by atoms with van der Waals surface area (Å²) in [5, 5.41) is 18.5. The highest BCUT2D eigenvalue weighted by Gasteiger charge is 2.41. The third-order valence-corrected chi connectivity index (χ3v) is 4.31. The first kappa shape index (κ1) is 17.8. The lowest BCUT2D eigenvalue weighted by atomic mass is 9.75. The van der Waals surface area contributed by atoms with Gasteiger partial charge in [0.1, 0.15) is 0 Å². The molecule has 2 N–H and O–H groups in total. The number of likely N-dealkylation sites (tertiary alicyclic amines) is 1. The fourth-order valence-electron chi connectivity index (χ4n) is 3.07. The molecule has 6 nitrogen and oxygen atoms in total. The van der Waals surface area contributed by atoms with E-state index in [0.717, 1.165) is 12.8 Å². The minimum absolute atomic E-state index is 0.0471. The van der Waals surface area contributed by atoms with Gasteiger partial charge < -0.3 is 20.0 Å². The summed E-state index contributed by atoms with van der Waals surface area (Å²) in [7, 11) is 0. The van der Waals surface area contributed by atoms with Crippen molar-refractivity contribution in [2.45, 2.75) is 46.0 Å². The molecule has 1 saturated heterocycles. The molecule has 0 aromatic rings. The highest BCUT2D eigenvalue weighted by Crippen LogP contribution is 2.36. The number of aliphatic hydroxyl groups excluding tert-OH is 1. The number of piperidine rings is 1. The molecule has 0 unspecified atom stereocenters. The fraction of sp³-hybridized carbons (Fsp3) is 0.867. The second-order valence-corrected chi connectivity index (χ2v) is 5.82. The Labute approximate surface area is 126 Å². The first-order chi connectivity index (χ1) is 10.0. The minimum Gasteiger partial charge on any atom is -0.481 e. The molecule has 6 heteroatoms. The highest BCUT2D eigenvalue weighted by molar-refractivity contribution is 5.77. The van der Waals surface area contributed by atoms with Crippen LogP contribution in [0.4, 0.5) is 4.79 Å². The van der Waals surface area contributed by atoms with Crippen LogP contribution in [-0.2, 0) is 4.79 Å². The molecular weight excluding hydrogens is 272 g/mol. The molecule has 0 aromatic heterocycles. The SMILES string of the molecule is CCCN(CCO)C(=O)N1CCC(CCC)(C(=O)O)CC1. The number of carbonyl (C=O) groups is 2. The van der Waals surface area contributed by atoms with Crippen molar-refractivity contribution in [2.75, 3.05) is 32.8 Å². The second kappa shape index (κ2) is 8.22. The topological polar surface area (TPSA) is 81.1 Å². The Balaban J connectivity index is 2.65. The van der Waals surface area contributed by atoms with Crippen molar-refractivity contribution in [1.29, 1.82) is 0 Å². The van der Waals surface area contributed by atoms with Crippen LogP contribution in [-0.4, -0.2) is 64.8 Å². The number of aliphatic hydroxyl groups is 1. The summed E-state index contributed by atoms with van der Waals surface area (Å²) in [6.45, 7) is 5.86. The zero-order valence-electron chi connectivity index (χ0n) is 13.2. The van der Waals surface area contributed by atoms with Crippen LogP contribution in [0.5, 0.6) is 0 Å². The number of carbonyl (C=O) groups excluding carboxylic acids is 1. The molecule has 1 rings (SSSR count). The van der Waals surface area contributed by atoms with Crippen molar-refractivity contribution >= 4 is 12.0 Å². The van der Waals surface area contributed by atoms with E-state index in [1.165, 1.54) is 0 Å². The van der Waals surface area contributed by atoms with Crippen LogP contribution in [0.1, 0.15) is 46.0 Å². The second-order valence-electron chi connectivity index (χ2n) is 5.82. The highest BCUT2D eigenvalue weighted by atomic mass is 16.4. The molecule has 1 aliphatic rings. The maximum atomic E-state index is 12.4. The maximum Gasteiger partial charge on any atom is 0.320 e. The van der Waals surface area contributed by atoms with Gasteiger partial charge in [-0.05, 0) is 25.7 Å². The number of hydrogen-bond acceptors (Lipinski definition) is 3. The van der Waals surface area contributed by atoms with Gasteiger partial charge in [0.25, 0.3) is 0 Å². The third kappa shape index (κ3) is 4.33. The molecule has 0 atom stereocenters. The van der Waals surface area contributed by atoms with Crippen LogP contribution in [0.15, 0.2) is 0 Å². The summed E-state index contributed by atoms with van der Waals surface area (Å²) in [6, 6.07) is -0.0820. The molecule has 122 valence electrons. The Kier molecular flexibility index (Phi) is 6.95. The third-order valence-electron chi connectivity index (χ3n) is 4.31. The first-order valence-corrected chi connectivity index (χ1v) is 7.89. The molecule has 21 heavy (non-hydrogen) atoms. The van der Waals surface area contributed by atoms with Gasteiger partial charge in [-0.15, -0.1) is 0 Å². The number of aliphatic carboxylic acids is 1. The molecule has 0 saturated carbocycles. The number of carboxylic acid groups (broad SMARTS) is 1. The van der Waals surface area contributed by atoms with Gasteiger partial charge >= 0.3 is 12.0 Å². The quantitative estimate of drug-likeness (QED) is 0.751. The van der Waals surface area contributed by atoms with Crippen molar-refractivity contribution in [3.8, 4) is 0 Å². The van der Waals surface area contributed by atoms with Crippen LogP contribution in [0.3, 0.4) is 0 Å². The van der Waals surface area contributed by atoms with Crippen LogP contribution in [0.25, 0.3) is 0 Å². The van der Waals surface area contributed by atoms with Crippen LogP contribution >= 0.6 is 0 Å². The maximum absolute atomic E-state index is 12.4. The van der Waals surface area contributed by atoms with Gasteiger partial charge in [-0.3, -0.25) is 4.79 Å². The minimum atomic E-state index is -0.739. The zero-order chi connectivity index (χ0) is 15.9. The van der Waals surface area contributed by atoms with Gasteiger partial charge in [0, 0.05) is 26.2 Å². The van der Waals surface area contributed by atoms with E-state index >= 15 is 0 Å². The van der Waals surface area contributed by atoms with Crippen molar-refractivity contribution in [2.24, 2.45) is 5.41 Å². The standard InChI is InChI=1S/C15H28N2O4/c1-3-5-15(13(19)20)6-9-17(10-7-15)14(21)16(8-4-2)11-12-18/h18H,3-12H2,1-2H3,(H,19,20). The first-order valence-electron chi connectivity index (χ1n) is 7.89. The Morgan fingerprint density at radius 2 is 1.76 bits per heavy atom. The van der Waals surface area contributed by atoms with Gasteiger partial charge in [-0.2, -0.15) is 0 Å². The van der Waals surface area contributed by atoms with Gasteiger partial charge in [0.05, 0.1) is 12.0 Å². The number of amides is 2. The Bertz CT molecular complexity index is 346. The van der Waals surface area contributed by atoms with Gasteiger partial charge in [0.15, 0.2) is 0 Å². The van der Waals surface area contributed by atoms with E-state index in [9.17, 15) is 14.7 Å². The Morgan fingerprint density at radius 3 is 2.19 bits per heavy atom. The average molecular weight is 300 g/mol. The number of hydrogen-bond donors (Lipinski definition) is 2. The molecule has 0 spiro atoms. The molecule has 0 aromatic carbocycles. The van der Waals surface area contributed by atoms with Gasteiger partial charge in [-0.1, -0.05) is 20.3 Å². The van der Waals surface area contributed by atoms with E-state index in [1.807, 2.05) is 13.8 Å². The number of carboxylic acids is 1. The molecule has 1 heterocycles. The molecular formula is C15H28N2O4. The molecule has 0 aliphatic carbocycles. The lowest BCUT2D eigenvalue weighted by Crippen LogP contribution is -2.51. The predicted molar refractivity (Wildman–Crippen MR) is 80.1 cm³/mol. The van der Waals surface area contributed by atoms with E-state index < -0.39 is 11.4 Å². The number of urea groups is 1. The fourth-order valence-corrected chi connectivity index (χ4v) is 3.07. The van der Waals surface area contributed by atoms with E-state index in [1.54, 1.807) is 9.80 Å². The summed E-state index contributed by atoms with van der Waals surface area (Å²) >= 11 is 0. The van der Waals surface area contributed by atoms with E-state index in [-0.39, 0.29) is 12.6 Å². The summed E-state index contributed by atoms with van der Waals surface area (Å²) in [6.07, 6.45) is 3.38. The number of nitrogens with zero attached hydrogens (tertiary/aromatic N) is 2. The Hall–Kier alpha value is -1.30. The zero-order valence-corrected chi connectivity index (χ0v) is 13.2. The lowest BCUT2D eigenvalue weighted by molar-refractivity contribution is -0.152. The molecule has 1 fully saturated rings. The predicted octanol–water partition coefficient (Wildman–Crippen LogP) is 1.78. The normalized spacial score (nSPS) is 17.6. The molecule has 0 bridgehead atoms. The largest absolute Gasteiger partial charge is 0.481 e. The van der Waals surface area contributed by atoms with E-state index in [2.05, 4.69) is 0 Å². The van der Waals surface area contributed by atoms with Crippen molar-refractivity contribution in [1.82, 2.24) is 9.80 Å².